The Morgan fingerprint density at radius 1 is 1.00 bits per heavy atom. The maximum absolute atomic E-state index is 13.8. The van der Waals surface area contributed by atoms with Crippen LogP contribution in [-0.4, -0.2) is 32.2 Å². The van der Waals surface area contributed by atoms with E-state index in [-0.39, 0.29) is 11.5 Å². The Bertz CT molecular complexity index is 638. The van der Waals surface area contributed by atoms with Crippen LogP contribution in [0.2, 0.25) is 5.04 Å². The minimum Gasteiger partial charge on any atom is -0.382 e. The molecular formula is C20H25FO3Si. The molecule has 0 aliphatic carbocycles. The van der Waals surface area contributed by atoms with Crippen LogP contribution in [-0.2, 0) is 9.16 Å². The summed E-state index contributed by atoms with van der Waals surface area (Å²) in [4.78, 5) is 0. The smallest absolute Gasteiger partial charge is 0.264 e. The molecule has 2 aromatic rings. The van der Waals surface area contributed by atoms with Crippen LogP contribution in [0.4, 0.5) is 4.39 Å². The van der Waals surface area contributed by atoms with Crippen molar-refractivity contribution in [2.45, 2.75) is 51.0 Å². The Morgan fingerprint density at radius 2 is 1.48 bits per heavy atom. The Labute approximate surface area is 149 Å². The highest BCUT2D eigenvalue weighted by Gasteiger charge is 2.53. The number of aliphatic hydroxyl groups is 1. The molecule has 0 aromatic heterocycles. The van der Waals surface area contributed by atoms with Crippen LogP contribution in [0.1, 0.15) is 27.2 Å². The SMILES string of the molecule is CC(C)(C)[Si](OC1CC(F)[C@@H](O)O1)(c1ccccc1)c1ccccc1. The van der Waals surface area contributed by atoms with Crippen molar-refractivity contribution in [2.75, 3.05) is 0 Å². The Balaban J connectivity index is 2.12. The summed E-state index contributed by atoms with van der Waals surface area (Å²) >= 11 is 0. The van der Waals surface area contributed by atoms with Crippen LogP contribution in [0.25, 0.3) is 0 Å². The quantitative estimate of drug-likeness (QED) is 0.852. The number of aliphatic hydroxyl groups excluding tert-OH is 1. The second-order valence-electron chi connectivity index (χ2n) is 7.49. The number of alkyl halides is 1. The Kier molecular flexibility index (Phi) is 5.11. The van der Waals surface area contributed by atoms with E-state index in [1.54, 1.807) is 0 Å². The first kappa shape index (κ1) is 18.3. The molecule has 3 rings (SSSR count). The van der Waals surface area contributed by atoms with Gasteiger partial charge in [0.25, 0.3) is 8.32 Å². The van der Waals surface area contributed by atoms with Gasteiger partial charge in [0, 0.05) is 6.42 Å². The van der Waals surface area contributed by atoms with Crippen molar-refractivity contribution in [3.63, 3.8) is 0 Å². The zero-order valence-electron chi connectivity index (χ0n) is 14.9. The van der Waals surface area contributed by atoms with Crippen LogP contribution in [0.3, 0.4) is 0 Å². The van der Waals surface area contributed by atoms with Gasteiger partial charge >= 0.3 is 0 Å². The van der Waals surface area contributed by atoms with E-state index in [2.05, 4.69) is 45.0 Å². The molecule has 0 amide bonds. The molecule has 3 atom stereocenters. The lowest BCUT2D eigenvalue weighted by atomic mass is 10.2. The molecule has 0 bridgehead atoms. The van der Waals surface area contributed by atoms with Crippen molar-refractivity contribution in [3.8, 4) is 0 Å². The molecule has 1 N–H and O–H groups in total. The van der Waals surface area contributed by atoms with Gasteiger partial charge in [-0.05, 0) is 15.4 Å². The van der Waals surface area contributed by atoms with Gasteiger partial charge in [-0.25, -0.2) is 4.39 Å². The minimum absolute atomic E-state index is 0.0473. The van der Waals surface area contributed by atoms with Crippen LogP contribution < -0.4 is 10.4 Å². The number of benzene rings is 2. The number of hydrogen-bond acceptors (Lipinski definition) is 3. The number of ether oxygens (including phenoxy) is 1. The summed E-state index contributed by atoms with van der Waals surface area (Å²) in [5.74, 6) is 0. The summed E-state index contributed by atoms with van der Waals surface area (Å²) in [6.45, 7) is 6.45. The van der Waals surface area contributed by atoms with Gasteiger partial charge in [-0.2, -0.15) is 0 Å². The fraction of sp³-hybridized carbons (Fsp3) is 0.400. The monoisotopic (exact) mass is 360 g/mol. The molecule has 1 heterocycles. The second kappa shape index (κ2) is 7.00. The predicted molar refractivity (Wildman–Crippen MR) is 99.1 cm³/mol. The van der Waals surface area contributed by atoms with Gasteiger partial charge in [0.2, 0.25) is 0 Å². The van der Waals surface area contributed by atoms with E-state index >= 15 is 0 Å². The Morgan fingerprint density at radius 3 is 1.84 bits per heavy atom. The van der Waals surface area contributed by atoms with Crippen molar-refractivity contribution < 1.29 is 18.7 Å². The third kappa shape index (κ3) is 3.42. The lowest BCUT2D eigenvalue weighted by molar-refractivity contribution is -0.163. The van der Waals surface area contributed by atoms with E-state index < -0.39 is 27.1 Å². The van der Waals surface area contributed by atoms with E-state index in [0.29, 0.717) is 0 Å². The molecule has 1 aliphatic heterocycles. The molecule has 3 nitrogen and oxygen atoms in total. The van der Waals surface area contributed by atoms with Crippen molar-refractivity contribution in [2.24, 2.45) is 0 Å². The van der Waals surface area contributed by atoms with Gasteiger partial charge in [0.15, 0.2) is 18.8 Å². The standard InChI is InChI=1S/C20H25FO3Si/c1-20(2,3)25(15-10-6-4-7-11-15,16-12-8-5-9-13-16)24-18-14-17(21)19(22)23-18/h4-13,17-19,22H,14H2,1-3H3/t17?,18?,19-/m0/s1. The number of rotatable bonds is 4. The highest BCUT2D eigenvalue weighted by atomic mass is 28.4. The lowest BCUT2D eigenvalue weighted by Gasteiger charge is -2.44. The zero-order chi connectivity index (χ0) is 18.1. The molecule has 5 heteroatoms. The normalized spacial score (nSPS) is 24.4. The molecule has 0 saturated carbocycles. The van der Waals surface area contributed by atoms with Crippen molar-refractivity contribution in [1.29, 1.82) is 0 Å². The fourth-order valence-electron chi connectivity index (χ4n) is 3.56. The molecule has 1 saturated heterocycles. The van der Waals surface area contributed by atoms with Gasteiger partial charge in [0.1, 0.15) is 0 Å². The van der Waals surface area contributed by atoms with Crippen LogP contribution in [0, 0.1) is 0 Å². The van der Waals surface area contributed by atoms with E-state index in [0.717, 1.165) is 10.4 Å². The van der Waals surface area contributed by atoms with Crippen molar-refractivity contribution in [1.82, 2.24) is 0 Å². The molecule has 134 valence electrons. The fourth-order valence-corrected chi connectivity index (χ4v) is 8.12. The first-order valence-electron chi connectivity index (χ1n) is 8.61. The largest absolute Gasteiger partial charge is 0.382 e. The highest BCUT2D eigenvalue weighted by Crippen LogP contribution is 2.39. The molecule has 1 aliphatic rings. The van der Waals surface area contributed by atoms with E-state index in [1.807, 2.05) is 36.4 Å². The second-order valence-corrected chi connectivity index (χ2v) is 11.7. The molecule has 25 heavy (non-hydrogen) atoms. The summed E-state index contributed by atoms with van der Waals surface area (Å²) in [6, 6.07) is 20.2. The third-order valence-electron chi connectivity index (χ3n) is 4.74. The average Bonchev–Trinajstić information content (AvgIpc) is 2.91. The van der Waals surface area contributed by atoms with Gasteiger partial charge in [0.05, 0.1) is 0 Å². The summed E-state index contributed by atoms with van der Waals surface area (Å²) < 4.78 is 25.8. The molecule has 0 spiro atoms. The molecule has 1 fully saturated rings. The van der Waals surface area contributed by atoms with E-state index in [4.69, 9.17) is 9.16 Å². The van der Waals surface area contributed by atoms with Gasteiger partial charge in [-0.1, -0.05) is 81.4 Å². The lowest BCUT2D eigenvalue weighted by Crippen LogP contribution is -2.67. The zero-order valence-corrected chi connectivity index (χ0v) is 15.9. The van der Waals surface area contributed by atoms with E-state index in [9.17, 15) is 9.50 Å². The summed E-state index contributed by atoms with van der Waals surface area (Å²) in [7, 11) is -2.78. The number of halogens is 1. The molecule has 2 aromatic carbocycles. The highest BCUT2D eigenvalue weighted by molar-refractivity contribution is 6.99. The third-order valence-corrected chi connectivity index (χ3v) is 9.76. The minimum atomic E-state index is -2.78. The van der Waals surface area contributed by atoms with Crippen molar-refractivity contribution in [3.05, 3.63) is 60.7 Å². The number of hydrogen-bond donors (Lipinski definition) is 1. The molecule has 0 radical (unpaired) electrons. The van der Waals surface area contributed by atoms with Gasteiger partial charge in [-0.3, -0.25) is 0 Å². The van der Waals surface area contributed by atoms with Crippen molar-refractivity contribution >= 4 is 18.7 Å². The van der Waals surface area contributed by atoms with Crippen LogP contribution in [0.15, 0.2) is 60.7 Å². The average molecular weight is 361 g/mol. The molecular weight excluding hydrogens is 335 g/mol. The first-order valence-corrected chi connectivity index (χ1v) is 10.5. The predicted octanol–water partition coefficient (Wildman–Crippen LogP) is 2.97. The Hall–Kier alpha value is -1.53. The van der Waals surface area contributed by atoms with Gasteiger partial charge < -0.3 is 14.3 Å². The summed E-state index contributed by atoms with van der Waals surface area (Å²) in [6.07, 6.45) is -3.53. The first-order chi connectivity index (χ1) is 11.8. The van der Waals surface area contributed by atoms with Crippen LogP contribution in [0.5, 0.6) is 0 Å². The van der Waals surface area contributed by atoms with Crippen LogP contribution >= 0.6 is 0 Å². The maximum atomic E-state index is 13.8. The van der Waals surface area contributed by atoms with E-state index in [1.165, 1.54) is 0 Å². The summed E-state index contributed by atoms with van der Waals surface area (Å²) in [5.41, 5.74) is 0. The maximum Gasteiger partial charge on any atom is 0.264 e. The molecule has 2 unspecified atom stereocenters. The topological polar surface area (TPSA) is 38.7 Å². The van der Waals surface area contributed by atoms with Gasteiger partial charge in [-0.15, -0.1) is 0 Å². The summed E-state index contributed by atoms with van der Waals surface area (Å²) in [5, 5.41) is 11.6.